The van der Waals surface area contributed by atoms with E-state index in [2.05, 4.69) is 10.4 Å². The van der Waals surface area contributed by atoms with Crippen molar-refractivity contribution in [2.24, 2.45) is 0 Å². The molecule has 6 heteroatoms. The third kappa shape index (κ3) is 5.30. The molecule has 19 heavy (non-hydrogen) atoms. The third-order valence-corrected chi connectivity index (χ3v) is 2.87. The van der Waals surface area contributed by atoms with E-state index in [-0.39, 0.29) is 17.9 Å². The molecule has 0 amide bonds. The molecule has 0 aliphatic heterocycles. The second kappa shape index (κ2) is 6.50. The van der Waals surface area contributed by atoms with Crippen molar-refractivity contribution in [2.75, 3.05) is 27.2 Å². The number of likely N-dealkylation sites (N-methyl/N-ethyl adjacent to an activating group) is 1. The van der Waals surface area contributed by atoms with Crippen LogP contribution in [-0.4, -0.2) is 53.2 Å². The van der Waals surface area contributed by atoms with Gasteiger partial charge in [-0.3, -0.25) is 9.48 Å². The first-order valence-corrected chi connectivity index (χ1v) is 6.73. The van der Waals surface area contributed by atoms with Gasteiger partial charge in [0.05, 0.1) is 24.3 Å². The first-order valence-electron chi connectivity index (χ1n) is 6.35. The summed E-state index contributed by atoms with van der Waals surface area (Å²) in [5.74, 6) is -0.0313. The first kappa shape index (κ1) is 16.1. The van der Waals surface area contributed by atoms with Crippen LogP contribution in [0.4, 0.5) is 0 Å². The Kier molecular flexibility index (Phi) is 5.52. The molecule has 1 aromatic heterocycles. The minimum Gasteiger partial charge on any atom is -0.308 e. The number of halogens is 1. The number of nitrogens with zero attached hydrogens (tertiary/aromatic N) is 3. The molecule has 5 nitrogen and oxygen atoms in total. The number of Topliss-reactive ketones (excluding diaryl/α,β-unsaturated/α-hetero) is 1. The first-order chi connectivity index (χ1) is 8.70. The van der Waals surface area contributed by atoms with Crippen LogP contribution in [0, 0.1) is 0 Å². The van der Waals surface area contributed by atoms with E-state index in [4.69, 9.17) is 11.6 Å². The molecule has 0 aromatic carbocycles. The predicted molar refractivity (Wildman–Crippen MR) is 77.9 cm³/mol. The van der Waals surface area contributed by atoms with Crippen molar-refractivity contribution in [3.8, 4) is 0 Å². The van der Waals surface area contributed by atoms with Crippen LogP contribution >= 0.6 is 11.6 Å². The lowest BCUT2D eigenvalue weighted by molar-refractivity contribution is 0.0971. The highest BCUT2D eigenvalue weighted by molar-refractivity contribution is 6.33. The molecule has 0 saturated carbocycles. The SMILES string of the molecule is CN(C)CCn1ncc(Cl)c1C(=O)CNC(C)(C)C. The van der Waals surface area contributed by atoms with E-state index in [1.165, 1.54) is 6.20 Å². The number of rotatable bonds is 6. The van der Waals surface area contributed by atoms with Crippen LogP contribution in [-0.2, 0) is 6.54 Å². The lowest BCUT2D eigenvalue weighted by Gasteiger charge is -2.20. The van der Waals surface area contributed by atoms with Gasteiger partial charge in [0.1, 0.15) is 5.69 Å². The standard InChI is InChI=1S/C13H23ClN4O/c1-13(2,3)15-9-11(19)12-10(14)8-16-18(12)7-6-17(4)5/h8,15H,6-7,9H2,1-5H3. The Labute approximate surface area is 119 Å². The van der Waals surface area contributed by atoms with E-state index in [1.807, 2.05) is 39.8 Å². The van der Waals surface area contributed by atoms with Crippen molar-refractivity contribution in [1.82, 2.24) is 20.0 Å². The van der Waals surface area contributed by atoms with Crippen molar-refractivity contribution in [2.45, 2.75) is 32.9 Å². The maximum Gasteiger partial charge on any atom is 0.196 e. The highest BCUT2D eigenvalue weighted by atomic mass is 35.5. The quantitative estimate of drug-likeness (QED) is 0.808. The summed E-state index contributed by atoms with van der Waals surface area (Å²) in [5.41, 5.74) is 0.386. The molecule has 1 heterocycles. The van der Waals surface area contributed by atoms with Gasteiger partial charge in [-0.2, -0.15) is 5.10 Å². The number of hydrogen-bond donors (Lipinski definition) is 1. The number of aromatic nitrogens is 2. The summed E-state index contributed by atoms with van der Waals surface area (Å²) in [4.78, 5) is 14.3. The Morgan fingerprint density at radius 3 is 2.63 bits per heavy atom. The predicted octanol–water partition coefficient (Wildman–Crippen LogP) is 1.67. The Hall–Kier alpha value is -0.910. The Morgan fingerprint density at radius 1 is 1.47 bits per heavy atom. The largest absolute Gasteiger partial charge is 0.308 e. The van der Waals surface area contributed by atoms with Crippen LogP contribution in [0.25, 0.3) is 0 Å². The van der Waals surface area contributed by atoms with Crippen LogP contribution in [0.15, 0.2) is 6.20 Å². The fourth-order valence-corrected chi connectivity index (χ4v) is 1.78. The summed E-state index contributed by atoms with van der Waals surface area (Å²) >= 11 is 6.06. The van der Waals surface area contributed by atoms with Crippen molar-refractivity contribution < 1.29 is 4.79 Å². The second-order valence-corrected chi connectivity index (χ2v) is 6.30. The molecule has 108 valence electrons. The number of hydrogen-bond acceptors (Lipinski definition) is 4. The van der Waals surface area contributed by atoms with Crippen molar-refractivity contribution in [3.05, 3.63) is 16.9 Å². The topological polar surface area (TPSA) is 50.2 Å². The highest BCUT2D eigenvalue weighted by Crippen LogP contribution is 2.16. The average molecular weight is 287 g/mol. The molecular formula is C13H23ClN4O. The van der Waals surface area contributed by atoms with Crippen molar-refractivity contribution in [1.29, 1.82) is 0 Å². The minimum absolute atomic E-state index is 0.0313. The number of ketones is 1. The molecule has 0 bridgehead atoms. The van der Waals surface area contributed by atoms with Crippen LogP contribution in [0.5, 0.6) is 0 Å². The molecule has 0 spiro atoms. The molecule has 0 atom stereocenters. The lowest BCUT2D eigenvalue weighted by Crippen LogP contribution is -2.40. The van der Waals surface area contributed by atoms with Gasteiger partial charge in [0.25, 0.3) is 0 Å². The van der Waals surface area contributed by atoms with Gasteiger partial charge in [0, 0.05) is 12.1 Å². The van der Waals surface area contributed by atoms with Gasteiger partial charge in [-0.25, -0.2) is 0 Å². The molecule has 1 N–H and O–H groups in total. The van der Waals surface area contributed by atoms with E-state index >= 15 is 0 Å². The molecule has 0 aliphatic rings. The summed E-state index contributed by atoms with van der Waals surface area (Å²) in [6.45, 7) is 7.78. The van der Waals surface area contributed by atoms with E-state index in [0.29, 0.717) is 17.3 Å². The van der Waals surface area contributed by atoms with Crippen LogP contribution in [0.1, 0.15) is 31.3 Å². The summed E-state index contributed by atoms with van der Waals surface area (Å²) in [5, 5.41) is 7.75. The molecule has 0 fully saturated rings. The normalized spacial score (nSPS) is 12.2. The van der Waals surface area contributed by atoms with Gasteiger partial charge in [-0.05, 0) is 34.9 Å². The Morgan fingerprint density at radius 2 is 2.11 bits per heavy atom. The fraction of sp³-hybridized carbons (Fsp3) is 0.692. The molecule has 1 rings (SSSR count). The highest BCUT2D eigenvalue weighted by Gasteiger charge is 2.19. The maximum atomic E-state index is 12.2. The summed E-state index contributed by atoms with van der Waals surface area (Å²) < 4.78 is 1.68. The zero-order chi connectivity index (χ0) is 14.6. The lowest BCUT2D eigenvalue weighted by atomic mass is 10.1. The van der Waals surface area contributed by atoms with E-state index in [9.17, 15) is 4.79 Å². The van der Waals surface area contributed by atoms with E-state index in [0.717, 1.165) is 6.54 Å². The van der Waals surface area contributed by atoms with Gasteiger partial charge in [0.2, 0.25) is 0 Å². The zero-order valence-corrected chi connectivity index (χ0v) is 13.1. The maximum absolute atomic E-state index is 12.2. The van der Waals surface area contributed by atoms with Crippen LogP contribution in [0.3, 0.4) is 0 Å². The Balaban J connectivity index is 2.75. The Bertz CT molecular complexity index is 434. The monoisotopic (exact) mass is 286 g/mol. The molecule has 0 aliphatic carbocycles. The smallest absolute Gasteiger partial charge is 0.196 e. The molecular weight excluding hydrogens is 264 g/mol. The van der Waals surface area contributed by atoms with Crippen molar-refractivity contribution in [3.63, 3.8) is 0 Å². The summed E-state index contributed by atoms with van der Waals surface area (Å²) in [6.07, 6.45) is 1.53. The van der Waals surface area contributed by atoms with E-state index < -0.39 is 0 Å². The van der Waals surface area contributed by atoms with E-state index in [1.54, 1.807) is 4.68 Å². The molecule has 0 saturated heterocycles. The van der Waals surface area contributed by atoms with Crippen LogP contribution in [0.2, 0.25) is 5.02 Å². The van der Waals surface area contributed by atoms with Gasteiger partial charge in [-0.1, -0.05) is 11.6 Å². The molecule has 0 radical (unpaired) electrons. The summed E-state index contributed by atoms with van der Waals surface area (Å²) in [6, 6.07) is 0. The summed E-state index contributed by atoms with van der Waals surface area (Å²) in [7, 11) is 3.96. The molecule has 0 unspecified atom stereocenters. The third-order valence-electron chi connectivity index (χ3n) is 2.60. The van der Waals surface area contributed by atoms with Gasteiger partial charge < -0.3 is 10.2 Å². The zero-order valence-electron chi connectivity index (χ0n) is 12.3. The second-order valence-electron chi connectivity index (χ2n) is 5.89. The van der Waals surface area contributed by atoms with Crippen LogP contribution < -0.4 is 5.32 Å². The average Bonchev–Trinajstić information content (AvgIpc) is 2.64. The molecule has 1 aromatic rings. The minimum atomic E-state index is -0.101. The fourth-order valence-electron chi connectivity index (χ4n) is 1.53. The number of nitrogens with one attached hydrogen (secondary N) is 1. The van der Waals surface area contributed by atoms with Crippen molar-refractivity contribution >= 4 is 17.4 Å². The number of carbonyl (C=O) groups excluding carboxylic acids is 1. The van der Waals surface area contributed by atoms with Gasteiger partial charge in [0.15, 0.2) is 5.78 Å². The number of carbonyl (C=O) groups is 1. The van der Waals surface area contributed by atoms with Gasteiger partial charge in [-0.15, -0.1) is 0 Å². The van der Waals surface area contributed by atoms with Gasteiger partial charge >= 0.3 is 0 Å².